The van der Waals surface area contributed by atoms with E-state index in [9.17, 15) is 5.11 Å². The zero-order valence-corrected chi connectivity index (χ0v) is 14.4. The Balaban J connectivity index is 1.91. The Bertz CT molecular complexity index is 609. The number of rotatable bonds is 7. The van der Waals surface area contributed by atoms with E-state index in [1.165, 1.54) is 0 Å². The molecule has 0 saturated carbocycles. The van der Waals surface area contributed by atoms with Gasteiger partial charge in [-0.2, -0.15) is 0 Å². The molecular formula is C15H23N5O2S. The van der Waals surface area contributed by atoms with Crippen LogP contribution < -0.4 is 15.5 Å². The third-order valence-electron chi connectivity index (χ3n) is 3.00. The molecule has 8 heteroatoms. The van der Waals surface area contributed by atoms with Crippen LogP contribution in [0.3, 0.4) is 0 Å². The summed E-state index contributed by atoms with van der Waals surface area (Å²) < 4.78 is 5.18. The van der Waals surface area contributed by atoms with Gasteiger partial charge in [0.25, 0.3) is 0 Å². The van der Waals surface area contributed by atoms with Crippen LogP contribution in [0.1, 0.15) is 24.5 Å². The van der Waals surface area contributed by atoms with Crippen molar-refractivity contribution < 1.29 is 9.52 Å². The maximum absolute atomic E-state index is 10.0. The topological polar surface area (TPSA) is 85.9 Å². The second kappa shape index (κ2) is 8.54. The molecule has 0 saturated heterocycles. The molecule has 0 amide bonds. The van der Waals surface area contributed by atoms with Crippen LogP contribution in [0.25, 0.3) is 0 Å². The SMILES string of the molecule is CCNC(=NCc1csc(N(C)C)n1)NCC(O)c1ccco1. The summed E-state index contributed by atoms with van der Waals surface area (Å²) in [4.78, 5) is 11.0. The number of aliphatic hydroxyl groups excluding tert-OH is 1. The summed E-state index contributed by atoms with van der Waals surface area (Å²) >= 11 is 1.59. The summed E-state index contributed by atoms with van der Waals surface area (Å²) in [7, 11) is 3.93. The number of thiazole rings is 1. The number of furan rings is 1. The van der Waals surface area contributed by atoms with Crippen molar-refractivity contribution in [3.63, 3.8) is 0 Å². The number of nitrogens with zero attached hydrogens (tertiary/aromatic N) is 3. The highest BCUT2D eigenvalue weighted by molar-refractivity contribution is 7.13. The average molecular weight is 337 g/mol. The molecule has 23 heavy (non-hydrogen) atoms. The minimum atomic E-state index is -0.714. The van der Waals surface area contributed by atoms with Gasteiger partial charge >= 0.3 is 0 Å². The van der Waals surface area contributed by atoms with Gasteiger partial charge in [-0.3, -0.25) is 0 Å². The lowest BCUT2D eigenvalue weighted by Crippen LogP contribution is -2.39. The average Bonchev–Trinajstić information content (AvgIpc) is 3.20. The molecule has 1 atom stereocenters. The molecule has 0 fully saturated rings. The van der Waals surface area contributed by atoms with Gasteiger partial charge in [0.15, 0.2) is 11.1 Å². The van der Waals surface area contributed by atoms with E-state index in [0.29, 0.717) is 24.8 Å². The van der Waals surface area contributed by atoms with Gasteiger partial charge in [0.1, 0.15) is 11.9 Å². The van der Waals surface area contributed by atoms with Crippen LogP contribution >= 0.6 is 11.3 Å². The van der Waals surface area contributed by atoms with Gasteiger partial charge in [-0.15, -0.1) is 11.3 Å². The molecule has 1 unspecified atom stereocenters. The van der Waals surface area contributed by atoms with Gasteiger partial charge in [-0.05, 0) is 19.1 Å². The lowest BCUT2D eigenvalue weighted by Gasteiger charge is -2.13. The predicted molar refractivity (Wildman–Crippen MR) is 92.9 cm³/mol. The molecule has 0 spiro atoms. The highest BCUT2D eigenvalue weighted by Gasteiger charge is 2.11. The Kier molecular flexibility index (Phi) is 6.42. The van der Waals surface area contributed by atoms with Crippen LogP contribution in [0, 0.1) is 0 Å². The molecule has 2 rings (SSSR count). The summed E-state index contributed by atoms with van der Waals surface area (Å²) in [6.45, 7) is 3.53. The predicted octanol–water partition coefficient (Wildman–Crippen LogP) is 1.59. The zero-order valence-electron chi connectivity index (χ0n) is 13.6. The molecule has 126 valence electrons. The molecule has 7 nitrogen and oxygen atoms in total. The van der Waals surface area contributed by atoms with Crippen molar-refractivity contribution in [1.29, 1.82) is 0 Å². The Morgan fingerprint density at radius 3 is 2.91 bits per heavy atom. The molecule has 0 bridgehead atoms. The smallest absolute Gasteiger partial charge is 0.191 e. The molecule has 0 aliphatic carbocycles. The normalized spacial score (nSPS) is 13.0. The number of aliphatic imine (C=N–C) groups is 1. The molecule has 0 aliphatic heterocycles. The summed E-state index contributed by atoms with van der Waals surface area (Å²) in [5, 5.41) is 19.2. The monoisotopic (exact) mass is 337 g/mol. The number of hydrogen-bond acceptors (Lipinski definition) is 6. The Labute approximate surface area is 140 Å². The largest absolute Gasteiger partial charge is 0.467 e. The molecular weight excluding hydrogens is 314 g/mol. The summed E-state index contributed by atoms with van der Waals surface area (Å²) in [5.41, 5.74) is 0.919. The van der Waals surface area contributed by atoms with Gasteiger partial charge < -0.3 is 25.1 Å². The second-order valence-electron chi connectivity index (χ2n) is 5.12. The first kappa shape index (κ1) is 17.3. The molecule has 2 aromatic heterocycles. The zero-order chi connectivity index (χ0) is 16.7. The third-order valence-corrected chi connectivity index (χ3v) is 4.06. The van der Waals surface area contributed by atoms with Crippen LogP contribution in [-0.4, -0.2) is 43.2 Å². The molecule has 0 aliphatic rings. The van der Waals surface area contributed by atoms with Crippen molar-refractivity contribution in [3.8, 4) is 0 Å². The third kappa shape index (κ3) is 5.26. The van der Waals surface area contributed by atoms with Crippen molar-refractivity contribution in [3.05, 3.63) is 35.2 Å². The van der Waals surface area contributed by atoms with E-state index < -0.39 is 6.10 Å². The van der Waals surface area contributed by atoms with E-state index in [1.54, 1.807) is 29.7 Å². The van der Waals surface area contributed by atoms with Gasteiger partial charge in [0, 0.05) is 26.0 Å². The lowest BCUT2D eigenvalue weighted by atomic mass is 10.3. The summed E-state index contributed by atoms with van der Waals surface area (Å²) in [5.74, 6) is 1.17. The van der Waals surface area contributed by atoms with Crippen LogP contribution in [0.5, 0.6) is 0 Å². The fourth-order valence-electron chi connectivity index (χ4n) is 1.85. The minimum Gasteiger partial charge on any atom is -0.467 e. The molecule has 2 heterocycles. The quantitative estimate of drug-likeness (QED) is 0.525. The maximum Gasteiger partial charge on any atom is 0.191 e. The van der Waals surface area contributed by atoms with E-state index in [4.69, 9.17) is 4.42 Å². The highest BCUT2D eigenvalue weighted by atomic mass is 32.1. The fraction of sp³-hybridized carbons (Fsp3) is 0.467. The van der Waals surface area contributed by atoms with Crippen LogP contribution in [0.2, 0.25) is 0 Å². The van der Waals surface area contributed by atoms with E-state index in [1.807, 2.05) is 31.3 Å². The molecule has 0 radical (unpaired) electrons. The summed E-state index contributed by atoms with van der Waals surface area (Å²) in [6.07, 6.45) is 0.830. The first-order valence-corrected chi connectivity index (χ1v) is 8.33. The minimum absolute atomic E-state index is 0.319. The second-order valence-corrected chi connectivity index (χ2v) is 5.96. The first-order chi connectivity index (χ1) is 11.1. The van der Waals surface area contributed by atoms with E-state index in [-0.39, 0.29) is 0 Å². The number of nitrogens with one attached hydrogen (secondary N) is 2. The molecule has 3 N–H and O–H groups in total. The Hall–Kier alpha value is -2.06. The number of aliphatic hydroxyl groups is 1. The molecule has 2 aromatic rings. The van der Waals surface area contributed by atoms with Crippen molar-refractivity contribution in [2.45, 2.75) is 19.6 Å². The standard InChI is InChI=1S/C15H23N5O2S/c1-4-16-14(18-9-12(21)13-6-5-7-22-13)17-8-11-10-23-15(19-11)20(2)3/h5-7,10,12,21H,4,8-9H2,1-3H3,(H2,16,17,18). The van der Waals surface area contributed by atoms with Crippen LogP contribution in [0.15, 0.2) is 33.2 Å². The number of hydrogen-bond donors (Lipinski definition) is 3. The molecule has 0 aromatic carbocycles. The number of anilines is 1. The van der Waals surface area contributed by atoms with E-state index >= 15 is 0 Å². The van der Waals surface area contributed by atoms with Crippen molar-refractivity contribution >= 4 is 22.4 Å². The van der Waals surface area contributed by atoms with E-state index in [0.717, 1.165) is 17.4 Å². The Morgan fingerprint density at radius 2 is 2.30 bits per heavy atom. The fourth-order valence-corrected chi connectivity index (χ4v) is 2.60. The highest BCUT2D eigenvalue weighted by Crippen LogP contribution is 2.18. The van der Waals surface area contributed by atoms with Crippen molar-refractivity contribution in [2.24, 2.45) is 4.99 Å². The van der Waals surface area contributed by atoms with Gasteiger partial charge in [-0.25, -0.2) is 9.98 Å². The number of guanidine groups is 1. The van der Waals surface area contributed by atoms with Crippen molar-refractivity contribution in [1.82, 2.24) is 15.6 Å². The summed E-state index contributed by atoms with van der Waals surface area (Å²) in [6, 6.07) is 3.50. The van der Waals surface area contributed by atoms with E-state index in [2.05, 4.69) is 20.6 Å². The van der Waals surface area contributed by atoms with Gasteiger partial charge in [0.2, 0.25) is 0 Å². The van der Waals surface area contributed by atoms with Gasteiger partial charge in [-0.1, -0.05) is 0 Å². The van der Waals surface area contributed by atoms with Crippen LogP contribution in [-0.2, 0) is 6.54 Å². The van der Waals surface area contributed by atoms with Gasteiger partial charge in [0.05, 0.1) is 25.0 Å². The van der Waals surface area contributed by atoms with Crippen molar-refractivity contribution in [2.75, 3.05) is 32.1 Å². The first-order valence-electron chi connectivity index (χ1n) is 7.45. The Morgan fingerprint density at radius 1 is 1.48 bits per heavy atom. The number of aromatic nitrogens is 1. The lowest BCUT2D eigenvalue weighted by molar-refractivity contribution is 0.153. The van der Waals surface area contributed by atoms with Crippen LogP contribution in [0.4, 0.5) is 5.13 Å². The maximum atomic E-state index is 10.0.